The van der Waals surface area contributed by atoms with E-state index >= 15 is 0 Å². The molecule has 1 saturated carbocycles. The van der Waals surface area contributed by atoms with Gasteiger partial charge in [-0.05, 0) is 44.1 Å². The molecule has 0 aromatic heterocycles. The number of piperidine rings is 1. The van der Waals surface area contributed by atoms with Gasteiger partial charge in [0.2, 0.25) is 0 Å². The predicted octanol–water partition coefficient (Wildman–Crippen LogP) is 3.37. The Labute approximate surface area is 119 Å². The Morgan fingerprint density at radius 1 is 1.00 bits per heavy atom. The van der Waals surface area contributed by atoms with E-state index in [9.17, 15) is 0 Å². The molecule has 4 unspecified atom stereocenters. The van der Waals surface area contributed by atoms with Gasteiger partial charge in [0, 0.05) is 31.7 Å². The van der Waals surface area contributed by atoms with Crippen LogP contribution < -0.4 is 0 Å². The zero-order valence-corrected chi connectivity index (χ0v) is 13.0. The van der Waals surface area contributed by atoms with Gasteiger partial charge in [-0.1, -0.05) is 33.1 Å². The SMILES string of the molecule is CCC1CN2CCCCC2CN1CC1CCCC1C. The first-order chi connectivity index (χ1) is 9.28. The summed E-state index contributed by atoms with van der Waals surface area (Å²) in [6.45, 7) is 10.3. The minimum absolute atomic E-state index is 0.835. The van der Waals surface area contributed by atoms with Crippen LogP contribution in [0.25, 0.3) is 0 Å². The molecule has 0 aromatic rings. The Hall–Kier alpha value is -0.0800. The lowest BCUT2D eigenvalue weighted by atomic mass is 9.92. The van der Waals surface area contributed by atoms with Gasteiger partial charge in [-0.3, -0.25) is 9.80 Å². The molecule has 2 nitrogen and oxygen atoms in total. The Morgan fingerprint density at radius 2 is 1.89 bits per heavy atom. The second kappa shape index (κ2) is 6.13. The Balaban J connectivity index is 1.62. The van der Waals surface area contributed by atoms with Gasteiger partial charge in [-0.15, -0.1) is 0 Å². The highest BCUT2D eigenvalue weighted by Crippen LogP contribution is 2.34. The zero-order valence-electron chi connectivity index (χ0n) is 13.0. The first kappa shape index (κ1) is 13.9. The van der Waals surface area contributed by atoms with E-state index in [1.807, 2.05) is 0 Å². The third-order valence-corrected chi connectivity index (χ3v) is 6.14. The third-order valence-electron chi connectivity index (χ3n) is 6.14. The van der Waals surface area contributed by atoms with Crippen LogP contribution >= 0.6 is 0 Å². The van der Waals surface area contributed by atoms with Crippen molar-refractivity contribution in [1.29, 1.82) is 0 Å². The Morgan fingerprint density at radius 3 is 2.63 bits per heavy atom. The van der Waals surface area contributed by atoms with Crippen LogP contribution in [0.5, 0.6) is 0 Å². The molecule has 3 rings (SSSR count). The molecule has 2 heteroatoms. The lowest BCUT2D eigenvalue weighted by molar-refractivity contribution is -0.00215. The molecule has 0 bridgehead atoms. The molecule has 3 aliphatic rings. The Bertz CT molecular complexity index is 291. The number of hydrogen-bond acceptors (Lipinski definition) is 2. The van der Waals surface area contributed by atoms with Crippen molar-refractivity contribution < 1.29 is 0 Å². The van der Waals surface area contributed by atoms with Crippen molar-refractivity contribution in [3.05, 3.63) is 0 Å². The summed E-state index contributed by atoms with van der Waals surface area (Å²) in [6, 6.07) is 1.72. The van der Waals surface area contributed by atoms with E-state index in [-0.39, 0.29) is 0 Å². The minimum Gasteiger partial charge on any atom is -0.298 e. The molecule has 0 spiro atoms. The minimum atomic E-state index is 0.835. The molecule has 0 N–H and O–H groups in total. The van der Waals surface area contributed by atoms with Crippen molar-refractivity contribution in [1.82, 2.24) is 9.80 Å². The highest BCUT2D eigenvalue weighted by atomic mass is 15.3. The molecule has 4 atom stereocenters. The van der Waals surface area contributed by atoms with Crippen molar-refractivity contribution in [2.45, 2.75) is 70.9 Å². The molecule has 1 aliphatic carbocycles. The van der Waals surface area contributed by atoms with E-state index in [1.165, 1.54) is 71.1 Å². The first-order valence-corrected chi connectivity index (χ1v) is 8.76. The summed E-state index contributed by atoms with van der Waals surface area (Å²) < 4.78 is 0. The molecule has 2 heterocycles. The summed E-state index contributed by atoms with van der Waals surface area (Å²) in [6.07, 6.45) is 10.1. The summed E-state index contributed by atoms with van der Waals surface area (Å²) in [4.78, 5) is 5.67. The van der Waals surface area contributed by atoms with Gasteiger partial charge in [-0.2, -0.15) is 0 Å². The number of hydrogen-bond donors (Lipinski definition) is 0. The maximum atomic E-state index is 2.87. The fraction of sp³-hybridized carbons (Fsp3) is 1.00. The van der Waals surface area contributed by atoms with E-state index in [2.05, 4.69) is 23.6 Å². The van der Waals surface area contributed by atoms with Crippen molar-refractivity contribution in [3.8, 4) is 0 Å². The van der Waals surface area contributed by atoms with Crippen molar-refractivity contribution in [2.24, 2.45) is 11.8 Å². The van der Waals surface area contributed by atoms with Crippen LogP contribution in [0.3, 0.4) is 0 Å². The van der Waals surface area contributed by atoms with Gasteiger partial charge in [0.25, 0.3) is 0 Å². The molecule has 110 valence electrons. The highest BCUT2D eigenvalue weighted by Gasteiger charge is 2.36. The lowest BCUT2D eigenvalue weighted by Crippen LogP contribution is -2.60. The monoisotopic (exact) mass is 264 g/mol. The maximum Gasteiger partial charge on any atom is 0.0223 e. The molecule has 2 aliphatic heterocycles. The number of rotatable bonds is 3. The summed E-state index contributed by atoms with van der Waals surface area (Å²) in [5.74, 6) is 1.96. The molecule has 0 radical (unpaired) electrons. The largest absolute Gasteiger partial charge is 0.298 e. The fourth-order valence-corrected chi connectivity index (χ4v) is 4.72. The molecule has 0 amide bonds. The molecule has 0 aromatic carbocycles. The first-order valence-electron chi connectivity index (χ1n) is 8.76. The van der Waals surface area contributed by atoms with Crippen LogP contribution in [0.15, 0.2) is 0 Å². The van der Waals surface area contributed by atoms with E-state index in [0.29, 0.717) is 0 Å². The van der Waals surface area contributed by atoms with E-state index in [1.54, 1.807) is 0 Å². The van der Waals surface area contributed by atoms with Gasteiger partial charge >= 0.3 is 0 Å². The van der Waals surface area contributed by atoms with Gasteiger partial charge in [0.15, 0.2) is 0 Å². The smallest absolute Gasteiger partial charge is 0.0223 e. The number of piperazine rings is 1. The topological polar surface area (TPSA) is 6.48 Å². The van der Waals surface area contributed by atoms with Crippen LogP contribution in [0.4, 0.5) is 0 Å². The predicted molar refractivity (Wildman–Crippen MR) is 81.4 cm³/mol. The van der Waals surface area contributed by atoms with Crippen LogP contribution in [0.2, 0.25) is 0 Å². The van der Waals surface area contributed by atoms with Crippen molar-refractivity contribution in [3.63, 3.8) is 0 Å². The average Bonchev–Trinajstić information content (AvgIpc) is 2.83. The molecular formula is C17H32N2. The highest BCUT2D eigenvalue weighted by molar-refractivity contribution is 4.92. The summed E-state index contributed by atoms with van der Waals surface area (Å²) in [5, 5.41) is 0. The van der Waals surface area contributed by atoms with Crippen LogP contribution in [0, 0.1) is 11.8 Å². The van der Waals surface area contributed by atoms with Crippen molar-refractivity contribution >= 4 is 0 Å². The van der Waals surface area contributed by atoms with Crippen LogP contribution in [-0.2, 0) is 0 Å². The van der Waals surface area contributed by atoms with Crippen LogP contribution in [0.1, 0.15) is 58.8 Å². The average molecular weight is 264 g/mol. The van der Waals surface area contributed by atoms with Gasteiger partial charge < -0.3 is 0 Å². The molecular weight excluding hydrogens is 232 g/mol. The summed E-state index contributed by atoms with van der Waals surface area (Å²) >= 11 is 0. The van der Waals surface area contributed by atoms with Gasteiger partial charge in [-0.25, -0.2) is 0 Å². The lowest BCUT2D eigenvalue weighted by Gasteiger charge is -2.49. The zero-order chi connectivity index (χ0) is 13.2. The normalized spacial score (nSPS) is 41.4. The maximum absolute atomic E-state index is 2.87. The quantitative estimate of drug-likeness (QED) is 0.771. The molecule has 19 heavy (non-hydrogen) atoms. The van der Waals surface area contributed by atoms with Gasteiger partial charge in [0.1, 0.15) is 0 Å². The number of nitrogens with zero attached hydrogens (tertiary/aromatic N) is 2. The standard InChI is InChI=1S/C17H32N2/c1-3-16-12-18-10-5-4-9-17(18)13-19(16)11-15-8-6-7-14(15)2/h14-17H,3-13H2,1-2H3. The number of fused-ring (bicyclic) bond motifs is 1. The van der Waals surface area contributed by atoms with Crippen LogP contribution in [-0.4, -0.2) is 48.1 Å². The van der Waals surface area contributed by atoms with Crippen molar-refractivity contribution in [2.75, 3.05) is 26.2 Å². The Kier molecular flexibility index (Phi) is 4.48. The second-order valence-electron chi connectivity index (χ2n) is 7.33. The van der Waals surface area contributed by atoms with E-state index < -0.39 is 0 Å². The van der Waals surface area contributed by atoms with E-state index in [4.69, 9.17) is 0 Å². The summed E-state index contributed by atoms with van der Waals surface area (Å²) in [5.41, 5.74) is 0. The molecule has 2 saturated heterocycles. The van der Waals surface area contributed by atoms with Gasteiger partial charge in [0.05, 0.1) is 0 Å². The van der Waals surface area contributed by atoms with E-state index in [0.717, 1.165) is 23.9 Å². The third kappa shape index (κ3) is 3.00. The summed E-state index contributed by atoms with van der Waals surface area (Å²) in [7, 11) is 0. The second-order valence-corrected chi connectivity index (χ2v) is 7.33. The fourth-order valence-electron chi connectivity index (χ4n) is 4.72. The molecule has 3 fully saturated rings.